The Hall–Kier alpha value is -1.53. The monoisotopic (exact) mass is 107 g/mol. The number of rotatable bonds is 1. The van der Waals surface area contributed by atoms with Crippen LogP contribution in [-0.2, 0) is 0 Å². The first-order chi connectivity index (χ1) is 3.91. The molecule has 0 atom stereocenters. The lowest BCUT2D eigenvalue weighted by Gasteiger charge is -1.63. The van der Waals surface area contributed by atoms with Crippen molar-refractivity contribution in [1.82, 2.24) is 0 Å². The largest absolute Gasteiger partial charge is 0.202 e. The molecule has 0 bridgehead atoms. The Labute approximate surface area is 48.4 Å². The van der Waals surface area contributed by atoms with E-state index in [2.05, 4.69) is 6.57 Å². The zero-order chi connectivity index (χ0) is 6.83. The fourth-order valence-corrected chi connectivity index (χ4v) is 0.112. The van der Waals surface area contributed by atoms with E-state index in [1.165, 1.54) is 0 Å². The maximum absolute atomic E-state index is 7.80. The molecule has 0 unspecified atom stereocenters. The van der Waals surface area contributed by atoms with Crippen LogP contribution in [-0.4, -0.2) is 0 Å². The molecule has 0 aliphatic heterocycles. The minimum atomic E-state index is 0.358. The summed E-state index contributed by atoms with van der Waals surface area (Å²) in [6.07, 6.45) is 0.715. The van der Waals surface area contributed by atoms with Crippen LogP contribution in [0.15, 0.2) is 0 Å². The van der Waals surface area contributed by atoms with Crippen molar-refractivity contribution < 1.29 is 0 Å². The van der Waals surface area contributed by atoms with E-state index < -0.39 is 0 Å². The maximum atomic E-state index is 7.80. The molecule has 3 heteroatoms. The Morgan fingerprint density at radius 1 is 1.00 bits per heavy atom. The molecule has 0 rings (SSSR count). The van der Waals surface area contributed by atoms with E-state index in [9.17, 15) is 0 Å². The van der Waals surface area contributed by atoms with Crippen molar-refractivity contribution in [3.05, 3.63) is 0 Å². The topological polar surface area (TPSA) is 71.4 Å². The predicted octanol–water partition coefficient (Wildman–Crippen LogP) is 0.954. The van der Waals surface area contributed by atoms with Crippen molar-refractivity contribution in [3.8, 4) is 18.7 Å². The lowest BCUT2D eigenvalue weighted by atomic mass is 10.4. The third kappa shape index (κ3) is 24.9. The van der Waals surface area contributed by atoms with Crippen LogP contribution in [0, 0.1) is 34.5 Å². The molecule has 0 aliphatic carbocycles. The maximum Gasteiger partial charge on any atom is 0.0632 e. The van der Waals surface area contributed by atoms with Crippen LogP contribution >= 0.6 is 0 Å². The highest BCUT2D eigenvalue weighted by Crippen LogP contribution is 1.78. The molecule has 8 heavy (non-hydrogen) atoms. The number of nitrogens with zero attached hydrogens (tertiary/aromatic N) is 3. The van der Waals surface area contributed by atoms with Gasteiger partial charge in [0, 0.05) is 19.4 Å². The molecule has 0 aromatic heterocycles. The summed E-state index contributed by atoms with van der Waals surface area (Å²) in [5.74, 6) is 0. The molecule has 0 saturated heterocycles. The summed E-state index contributed by atoms with van der Waals surface area (Å²) in [4.78, 5) is 0. The van der Waals surface area contributed by atoms with Gasteiger partial charge in [0.2, 0.25) is 0 Å². The summed E-state index contributed by atoms with van der Waals surface area (Å²) < 4.78 is 0. The summed E-state index contributed by atoms with van der Waals surface area (Å²) in [7, 11) is 0. The highest BCUT2D eigenvalue weighted by atomic mass is 14.2. The first kappa shape index (κ1) is 9.69. The van der Waals surface area contributed by atoms with Gasteiger partial charge in [-0.05, 0) is 0 Å². The SMILES string of the molecule is C#N.N#CCCC#N. The van der Waals surface area contributed by atoms with E-state index in [0.717, 1.165) is 0 Å². The molecule has 0 aromatic rings. The molecule has 0 aromatic carbocycles. The van der Waals surface area contributed by atoms with Crippen molar-refractivity contribution in [1.29, 1.82) is 15.8 Å². The smallest absolute Gasteiger partial charge is 0.0632 e. The summed E-state index contributed by atoms with van der Waals surface area (Å²) in [5, 5.41) is 22.1. The van der Waals surface area contributed by atoms with Gasteiger partial charge >= 0.3 is 0 Å². The van der Waals surface area contributed by atoms with Gasteiger partial charge < -0.3 is 0 Å². The van der Waals surface area contributed by atoms with Crippen LogP contribution in [0.3, 0.4) is 0 Å². The number of hydrogen-bond acceptors (Lipinski definition) is 3. The van der Waals surface area contributed by atoms with Gasteiger partial charge in [0.25, 0.3) is 0 Å². The summed E-state index contributed by atoms with van der Waals surface area (Å²) in [6, 6.07) is 3.69. The van der Waals surface area contributed by atoms with E-state index >= 15 is 0 Å². The highest BCUT2D eigenvalue weighted by Gasteiger charge is 1.72. The van der Waals surface area contributed by atoms with Crippen LogP contribution in [0.25, 0.3) is 0 Å². The van der Waals surface area contributed by atoms with Crippen LogP contribution in [0.1, 0.15) is 12.8 Å². The van der Waals surface area contributed by atoms with Gasteiger partial charge in [-0.25, -0.2) is 5.26 Å². The summed E-state index contributed by atoms with van der Waals surface area (Å²) >= 11 is 0. The van der Waals surface area contributed by atoms with Crippen molar-refractivity contribution in [3.63, 3.8) is 0 Å². The Balaban J connectivity index is 0. The van der Waals surface area contributed by atoms with Crippen molar-refractivity contribution >= 4 is 0 Å². The second-order valence-electron chi connectivity index (χ2n) is 0.816. The molecule has 0 saturated carbocycles. The average molecular weight is 107 g/mol. The van der Waals surface area contributed by atoms with Crippen LogP contribution in [0.5, 0.6) is 0 Å². The van der Waals surface area contributed by atoms with Crippen molar-refractivity contribution in [2.24, 2.45) is 0 Å². The zero-order valence-corrected chi connectivity index (χ0v) is 4.33. The van der Waals surface area contributed by atoms with E-state index in [0.29, 0.717) is 12.8 Å². The number of nitriles is 3. The van der Waals surface area contributed by atoms with Gasteiger partial charge in [-0.15, -0.1) is 0 Å². The fraction of sp³-hybridized carbons (Fsp3) is 0.400. The first-order valence-electron chi connectivity index (χ1n) is 1.91. The average Bonchev–Trinajstić information content (AvgIpc) is 1.88. The molecule has 40 valence electrons. The molecule has 0 amide bonds. The molecule has 0 fully saturated rings. The Bertz CT molecular complexity index is 109. The second-order valence-corrected chi connectivity index (χ2v) is 0.816. The molecule has 3 nitrogen and oxygen atoms in total. The molecule has 0 spiro atoms. The van der Waals surface area contributed by atoms with Gasteiger partial charge in [0.15, 0.2) is 0 Å². The van der Waals surface area contributed by atoms with Gasteiger partial charge in [0.05, 0.1) is 12.1 Å². The first-order valence-corrected chi connectivity index (χ1v) is 1.91. The quantitative estimate of drug-likeness (QED) is 0.468. The Morgan fingerprint density at radius 3 is 1.38 bits per heavy atom. The molecular weight excluding hydrogens is 102 g/mol. The van der Waals surface area contributed by atoms with E-state index in [4.69, 9.17) is 15.8 Å². The van der Waals surface area contributed by atoms with E-state index in [1.807, 2.05) is 12.1 Å². The van der Waals surface area contributed by atoms with Crippen LogP contribution < -0.4 is 0 Å². The third-order valence-electron chi connectivity index (χ3n) is 0.349. The number of hydrogen-bond donors (Lipinski definition) is 0. The van der Waals surface area contributed by atoms with E-state index in [1.54, 1.807) is 0 Å². The van der Waals surface area contributed by atoms with Crippen LogP contribution in [0.2, 0.25) is 0 Å². The predicted molar refractivity (Wildman–Crippen MR) is 27.1 cm³/mol. The molecule has 0 N–H and O–H groups in total. The summed E-state index contributed by atoms with van der Waals surface area (Å²) in [6.45, 7) is 3.50. The highest BCUT2D eigenvalue weighted by molar-refractivity contribution is 4.78. The van der Waals surface area contributed by atoms with E-state index in [-0.39, 0.29) is 0 Å². The lowest BCUT2D eigenvalue weighted by Crippen LogP contribution is -1.58. The third-order valence-corrected chi connectivity index (χ3v) is 0.349. The normalized spacial score (nSPS) is 4.50. The van der Waals surface area contributed by atoms with Gasteiger partial charge in [-0.2, -0.15) is 10.5 Å². The Morgan fingerprint density at radius 2 is 1.25 bits per heavy atom. The van der Waals surface area contributed by atoms with Crippen molar-refractivity contribution in [2.45, 2.75) is 12.8 Å². The molecular formula is C5H5N3. The van der Waals surface area contributed by atoms with Gasteiger partial charge in [0.1, 0.15) is 0 Å². The molecule has 0 radical (unpaired) electrons. The standard InChI is InChI=1S/C4H4N2.CHN/c5-3-1-2-4-6;1-2/h1-2H2;1H. The van der Waals surface area contributed by atoms with Crippen LogP contribution in [0.4, 0.5) is 0 Å². The van der Waals surface area contributed by atoms with Crippen molar-refractivity contribution in [2.75, 3.05) is 0 Å². The Kier molecular flexibility index (Phi) is 21.7. The lowest BCUT2D eigenvalue weighted by molar-refractivity contribution is 1.07. The molecule has 0 heterocycles. The second kappa shape index (κ2) is 17.9. The summed E-state index contributed by atoms with van der Waals surface area (Å²) in [5.41, 5.74) is 0. The fourth-order valence-electron chi connectivity index (χ4n) is 0.112. The molecule has 0 aliphatic rings. The minimum absolute atomic E-state index is 0.358. The number of unbranched alkanes of at least 4 members (excludes halogenated alkanes) is 1. The van der Waals surface area contributed by atoms with Gasteiger partial charge in [-0.3, -0.25) is 0 Å². The minimum Gasteiger partial charge on any atom is -0.202 e. The zero-order valence-electron chi connectivity index (χ0n) is 4.33. The van der Waals surface area contributed by atoms with Gasteiger partial charge in [-0.1, -0.05) is 0 Å².